The van der Waals surface area contributed by atoms with Gasteiger partial charge in [0, 0.05) is 25.7 Å². The molecule has 3 rings (SSSR count). The van der Waals surface area contributed by atoms with Crippen LogP contribution in [0.5, 0.6) is 0 Å². The Morgan fingerprint density at radius 2 is 1.66 bits per heavy atom. The average molecular weight is 479 g/mol. The van der Waals surface area contributed by atoms with E-state index < -0.39 is 6.04 Å². The second-order valence-corrected chi connectivity index (χ2v) is 9.56. The summed E-state index contributed by atoms with van der Waals surface area (Å²) in [6.07, 6.45) is 2.80. The first kappa shape index (κ1) is 26.4. The summed E-state index contributed by atoms with van der Waals surface area (Å²) >= 11 is 0. The maximum absolute atomic E-state index is 13.4. The van der Waals surface area contributed by atoms with Gasteiger partial charge in [-0.3, -0.25) is 14.4 Å². The van der Waals surface area contributed by atoms with E-state index in [1.54, 1.807) is 0 Å². The maximum atomic E-state index is 13.4. The SMILES string of the molecule is CC(C)C(NC(=O)CN)C(=O)N1CCCC1CN(CCc1ccccc1)C(=O)Cc1ccccc1. The van der Waals surface area contributed by atoms with Gasteiger partial charge < -0.3 is 20.9 Å². The topological polar surface area (TPSA) is 95.7 Å². The van der Waals surface area contributed by atoms with Crippen molar-refractivity contribution < 1.29 is 14.4 Å². The lowest BCUT2D eigenvalue weighted by Crippen LogP contribution is -2.55. The predicted molar refractivity (Wildman–Crippen MR) is 137 cm³/mol. The zero-order valence-electron chi connectivity index (χ0n) is 20.9. The first-order valence-electron chi connectivity index (χ1n) is 12.5. The Hall–Kier alpha value is -3.19. The largest absolute Gasteiger partial charge is 0.343 e. The maximum Gasteiger partial charge on any atom is 0.245 e. The number of carbonyl (C=O) groups excluding carboxylic acids is 3. The number of carbonyl (C=O) groups is 3. The number of benzene rings is 2. The van der Waals surface area contributed by atoms with E-state index >= 15 is 0 Å². The molecule has 0 aromatic heterocycles. The van der Waals surface area contributed by atoms with Crippen molar-refractivity contribution in [2.45, 2.75) is 51.6 Å². The number of likely N-dealkylation sites (tertiary alicyclic amines) is 1. The first-order valence-corrected chi connectivity index (χ1v) is 12.5. The van der Waals surface area contributed by atoms with E-state index in [-0.39, 0.29) is 36.2 Å². The van der Waals surface area contributed by atoms with Crippen LogP contribution in [-0.4, -0.2) is 65.8 Å². The van der Waals surface area contributed by atoms with Crippen molar-refractivity contribution in [1.29, 1.82) is 0 Å². The van der Waals surface area contributed by atoms with Crippen molar-refractivity contribution in [1.82, 2.24) is 15.1 Å². The molecule has 35 heavy (non-hydrogen) atoms. The highest BCUT2D eigenvalue weighted by Crippen LogP contribution is 2.22. The molecule has 2 aromatic carbocycles. The monoisotopic (exact) mass is 478 g/mol. The van der Waals surface area contributed by atoms with Gasteiger partial charge in [-0.15, -0.1) is 0 Å². The average Bonchev–Trinajstić information content (AvgIpc) is 3.33. The lowest BCUT2D eigenvalue weighted by atomic mass is 10.0. The number of hydrogen-bond donors (Lipinski definition) is 2. The van der Waals surface area contributed by atoms with E-state index in [0.717, 1.165) is 24.8 Å². The Morgan fingerprint density at radius 1 is 1.03 bits per heavy atom. The Bertz CT molecular complexity index is 965. The number of nitrogens with two attached hydrogens (primary N) is 1. The highest BCUT2D eigenvalue weighted by Gasteiger charge is 2.36. The molecule has 1 heterocycles. The molecule has 2 aromatic rings. The van der Waals surface area contributed by atoms with Crippen LogP contribution >= 0.6 is 0 Å². The molecule has 1 aliphatic heterocycles. The van der Waals surface area contributed by atoms with Crippen LogP contribution in [0, 0.1) is 5.92 Å². The van der Waals surface area contributed by atoms with Crippen LogP contribution in [-0.2, 0) is 27.2 Å². The molecule has 1 fully saturated rings. The van der Waals surface area contributed by atoms with Crippen LogP contribution in [0.4, 0.5) is 0 Å². The van der Waals surface area contributed by atoms with Crippen molar-refractivity contribution in [2.75, 3.05) is 26.2 Å². The smallest absolute Gasteiger partial charge is 0.245 e. The van der Waals surface area contributed by atoms with Crippen LogP contribution in [0.2, 0.25) is 0 Å². The minimum atomic E-state index is -0.621. The van der Waals surface area contributed by atoms with Gasteiger partial charge in [-0.1, -0.05) is 74.5 Å². The van der Waals surface area contributed by atoms with Crippen molar-refractivity contribution in [2.24, 2.45) is 11.7 Å². The molecule has 1 aliphatic rings. The fourth-order valence-corrected chi connectivity index (χ4v) is 4.60. The Kier molecular flexibility index (Phi) is 9.85. The van der Waals surface area contributed by atoms with Gasteiger partial charge in [-0.05, 0) is 36.3 Å². The van der Waals surface area contributed by atoms with Gasteiger partial charge >= 0.3 is 0 Å². The van der Waals surface area contributed by atoms with Gasteiger partial charge in [-0.25, -0.2) is 0 Å². The summed E-state index contributed by atoms with van der Waals surface area (Å²) in [6, 6.07) is 19.2. The summed E-state index contributed by atoms with van der Waals surface area (Å²) in [5.74, 6) is -0.436. The molecule has 3 amide bonds. The zero-order chi connectivity index (χ0) is 25.2. The van der Waals surface area contributed by atoms with Crippen molar-refractivity contribution in [3.8, 4) is 0 Å². The van der Waals surface area contributed by atoms with Crippen LogP contribution in [0.3, 0.4) is 0 Å². The fourth-order valence-electron chi connectivity index (χ4n) is 4.60. The molecule has 0 radical (unpaired) electrons. The Morgan fingerprint density at radius 3 is 2.26 bits per heavy atom. The Labute approximate surface area is 208 Å². The second-order valence-electron chi connectivity index (χ2n) is 9.56. The van der Waals surface area contributed by atoms with Crippen molar-refractivity contribution >= 4 is 17.7 Å². The minimum absolute atomic E-state index is 0.0586. The number of hydrogen-bond acceptors (Lipinski definition) is 4. The summed E-state index contributed by atoms with van der Waals surface area (Å²) in [7, 11) is 0. The first-order chi connectivity index (χ1) is 16.9. The van der Waals surface area contributed by atoms with Gasteiger partial charge in [0.05, 0.1) is 13.0 Å². The molecule has 3 N–H and O–H groups in total. The standard InChI is InChI=1S/C28H38N4O3/c1-21(2)27(30-25(33)19-29)28(35)32-16-9-14-24(32)20-31(17-15-22-10-5-3-6-11-22)26(34)18-23-12-7-4-8-13-23/h3-8,10-13,21,24,27H,9,14-20,29H2,1-2H3,(H,30,33). The quantitative estimate of drug-likeness (QED) is 0.518. The lowest BCUT2D eigenvalue weighted by molar-refractivity contribution is -0.140. The second kappa shape index (κ2) is 13.0. The van der Waals surface area contributed by atoms with E-state index in [0.29, 0.717) is 26.1 Å². The van der Waals surface area contributed by atoms with Crippen molar-refractivity contribution in [3.05, 3.63) is 71.8 Å². The van der Waals surface area contributed by atoms with E-state index in [1.807, 2.05) is 72.2 Å². The predicted octanol–water partition coefficient (Wildman–Crippen LogP) is 2.39. The van der Waals surface area contributed by atoms with Crippen LogP contribution in [0.15, 0.2) is 60.7 Å². The molecule has 0 spiro atoms. The summed E-state index contributed by atoms with van der Waals surface area (Å²) in [5.41, 5.74) is 7.62. The van der Waals surface area contributed by atoms with Gasteiger partial charge in [0.2, 0.25) is 17.7 Å². The van der Waals surface area contributed by atoms with E-state index in [1.165, 1.54) is 5.56 Å². The number of amides is 3. The number of rotatable bonds is 11. The molecule has 7 heteroatoms. The normalized spacial score (nSPS) is 16.2. The van der Waals surface area contributed by atoms with Crippen molar-refractivity contribution in [3.63, 3.8) is 0 Å². The molecule has 0 saturated carbocycles. The molecule has 0 aliphatic carbocycles. The zero-order valence-corrected chi connectivity index (χ0v) is 20.9. The van der Waals surface area contributed by atoms with Crippen LogP contribution in [0.1, 0.15) is 37.8 Å². The highest BCUT2D eigenvalue weighted by molar-refractivity contribution is 5.89. The fraction of sp³-hybridized carbons (Fsp3) is 0.464. The summed E-state index contributed by atoms with van der Waals surface area (Å²) < 4.78 is 0. The molecule has 1 saturated heterocycles. The van der Waals surface area contributed by atoms with Gasteiger partial charge in [0.25, 0.3) is 0 Å². The van der Waals surface area contributed by atoms with Gasteiger partial charge in [-0.2, -0.15) is 0 Å². The molecule has 2 atom stereocenters. The molecule has 0 bridgehead atoms. The molecular weight excluding hydrogens is 440 g/mol. The summed E-state index contributed by atoms with van der Waals surface area (Å²) in [6.45, 7) is 5.39. The summed E-state index contributed by atoms with van der Waals surface area (Å²) in [4.78, 5) is 42.5. The molecule has 7 nitrogen and oxygen atoms in total. The minimum Gasteiger partial charge on any atom is -0.343 e. The molecular formula is C28H38N4O3. The van der Waals surface area contributed by atoms with Gasteiger partial charge in [0.15, 0.2) is 0 Å². The third-order valence-corrected chi connectivity index (χ3v) is 6.59. The summed E-state index contributed by atoms with van der Waals surface area (Å²) in [5, 5.41) is 2.78. The molecule has 188 valence electrons. The third kappa shape index (κ3) is 7.65. The number of nitrogens with zero attached hydrogens (tertiary/aromatic N) is 2. The molecule has 2 unspecified atom stereocenters. The lowest BCUT2D eigenvalue weighted by Gasteiger charge is -2.34. The van der Waals surface area contributed by atoms with Crippen LogP contribution < -0.4 is 11.1 Å². The number of nitrogens with one attached hydrogen (secondary N) is 1. The highest BCUT2D eigenvalue weighted by atomic mass is 16.2. The van der Waals surface area contributed by atoms with Crippen LogP contribution in [0.25, 0.3) is 0 Å². The van der Waals surface area contributed by atoms with E-state index in [2.05, 4.69) is 17.4 Å². The third-order valence-electron chi connectivity index (χ3n) is 6.59. The van der Waals surface area contributed by atoms with E-state index in [4.69, 9.17) is 5.73 Å². The van der Waals surface area contributed by atoms with Gasteiger partial charge in [0.1, 0.15) is 6.04 Å². The Balaban J connectivity index is 1.74. The van der Waals surface area contributed by atoms with E-state index in [9.17, 15) is 14.4 Å².